The quantitative estimate of drug-likeness (QED) is 0.456. The lowest BCUT2D eigenvalue weighted by Crippen LogP contribution is -2.32. The van der Waals surface area contributed by atoms with Gasteiger partial charge in [-0.2, -0.15) is 0 Å². The van der Waals surface area contributed by atoms with Crippen LogP contribution in [0.5, 0.6) is 5.75 Å². The van der Waals surface area contributed by atoms with E-state index in [-0.39, 0.29) is 21.4 Å². The molecule has 3 aromatic carbocycles. The van der Waals surface area contributed by atoms with Crippen molar-refractivity contribution in [1.29, 1.82) is 0 Å². The minimum atomic E-state index is -0.788. The van der Waals surface area contributed by atoms with Crippen LogP contribution in [0.4, 0.5) is 21.5 Å². The van der Waals surface area contributed by atoms with Crippen LogP contribution in [0.1, 0.15) is 10.4 Å². The maximum Gasteiger partial charge on any atom is 0.283 e. The Morgan fingerprint density at radius 1 is 0.941 bits per heavy atom. The minimum Gasteiger partial charge on any atom is -0.497 e. The molecular weight excluding hydrogens is 484 g/mol. The van der Waals surface area contributed by atoms with Crippen LogP contribution in [-0.2, 0) is 9.59 Å². The fraction of sp³-hybridized carbons (Fsp3) is 0.0417. The molecule has 0 bridgehead atoms. The van der Waals surface area contributed by atoms with Crippen molar-refractivity contribution in [3.05, 3.63) is 93.9 Å². The summed E-state index contributed by atoms with van der Waals surface area (Å²) in [6.07, 6.45) is 0. The molecule has 0 saturated heterocycles. The van der Waals surface area contributed by atoms with Gasteiger partial charge >= 0.3 is 0 Å². The van der Waals surface area contributed by atoms with E-state index in [1.165, 1.54) is 19.2 Å². The number of nitrogens with zero attached hydrogens (tertiary/aromatic N) is 1. The lowest BCUT2D eigenvalue weighted by Gasteiger charge is -2.15. The summed E-state index contributed by atoms with van der Waals surface area (Å²) in [5, 5.41) is 4.97. The molecule has 172 valence electrons. The predicted octanol–water partition coefficient (Wildman–Crippen LogP) is 5.18. The first-order chi connectivity index (χ1) is 16.3. The van der Waals surface area contributed by atoms with E-state index in [2.05, 4.69) is 10.6 Å². The Hall–Kier alpha value is -3.88. The van der Waals surface area contributed by atoms with Gasteiger partial charge in [0.05, 0.1) is 17.8 Å². The van der Waals surface area contributed by atoms with Crippen LogP contribution in [0.2, 0.25) is 5.02 Å². The highest BCUT2D eigenvalue weighted by Crippen LogP contribution is 2.32. The second-order valence-electron chi connectivity index (χ2n) is 7.12. The highest BCUT2D eigenvalue weighted by molar-refractivity contribution is 6.53. The van der Waals surface area contributed by atoms with Gasteiger partial charge in [0, 0.05) is 23.0 Å². The predicted molar refractivity (Wildman–Crippen MR) is 128 cm³/mol. The number of carbonyl (C=O) groups is 3. The van der Waals surface area contributed by atoms with E-state index in [1.54, 1.807) is 42.5 Å². The van der Waals surface area contributed by atoms with Gasteiger partial charge in [0.25, 0.3) is 17.7 Å². The molecule has 1 heterocycles. The third kappa shape index (κ3) is 4.59. The Morgan fingerprint density at radius 3 is 2.41 bits per heavy atom. The first-order valence-corrected chi connectivity index (χ1v) is 10.6. The first kappa shape index (κ1) is 23.3. The van der Waals surface area contributed by atoms with Crippen LogP contribution in [0, 0.1) is 5.82 Å². The van der Waals surface area contributed by atoms with E-state index in [0.29, 0.717) is 22.7 Å². The van der Waals surface area contributed by atoms with Gasteiger partial charge in [-0.15, -0.1) is 0 Å². The molecule has 7 nitrogen and oxygen atoms in total. The van der Waals surface area contributed by atoms with Crippen molar-refractivity contribution in [2.24, 2.45) is 0 Å². The van der Waals surface area contributed by atoms with Gasteiger partial charge in [0.15, 0.2) is 0 Å². The maximum atomic E-state index is 13.5. The lowest BCUT2D eigenvalue weighted by molar-refractivity contribution is -0.120. The van der Waals surface area contributed by atoms with Crippen molar-refractivity contribution in [2.75, 3.05) is 22.6 Å². The molecule has 0 radical (unpaired) electrons. The second-order valence-corrected chi connectivity index (χ2v) is 7.91. The van der Waals surface area contributed by atoms with Crippen molar-refractivity contribution in [3.63, 3.8) is 0 Å². The first-order valence-electron chi connectivity index (χ1n) is 9.84. The number of carbonyl (C=O) groups excluding carboxylic acids is 3. The minimum absolute atomic E-state index is 0.0720. The van der Waals surface area contributed by atoms with Gasteiger partial charge in [0.2, 0.25) is 0 Å². The van der Waals surface area contributed by atoms with Crippen LogP contribution in [0.15, 0.2) is 77.5 Å². The molecular formula is C24H16Cl2FN3O4. The largest absolute Gasteiger partial charge is 0.497 e. The number of nitrogens with one attached hydrogen (secondary N) is 2. The number of halogens is 3. The zero-order valence-electron chi connectivity index (χ0n) is 17.6. The molecule has 0 aromatic heterocycles. The smallest absolute Gasteiger partial charge is 0.283 e. The number of anilines is 3. The topological polar surface area (TPSA) is 87.7 Å². The third-order valence-corrected chi connectivity index (χ3v) is 5.55. The van der Waals surface area contributed by atoms with E-state index in [9.17, 15) is 18.8 Å². The summed E-state index contributed by atoms with van der Waals surface area (Å²) < 4.78 is 18.6. The Kier molecular flexibility index (Phi) is 6.54. The number of amides is 3. The molecule has 1 aliphatic heterocycles. The highest BCUT2D eigenvalue weighted by Gasteiger charge is 2.39. The average molecular weight is 500 g/mol. The van der Waals surface area contributed by atoms with E-state index in [4.69, 9.17) is 27.9 Å². The van der Waals surface area contributed by atoms with Crippen molar-refractivity contribution in [2.45, 2.75) is 0 Å². The van der Waals surface area contributed by atoms with Gasteiger partial charge in [0.1, 0.15) is 22.3 Å². The molecule has 1 aliphatic rings. The fourth-order valence-electron chi connectivity index (χ4n) is 3.26. The Balaban J connectivity index is 1.54. The van der Waals surface area contributed by atoms with E-state index < -0.39 is 23.5 Å². The van der Waals surface area contributed by atoms with Crippen LogP contribution < -0.4 is 20.3 Å². The standard InChI is InChI=1S/C24H16Cl2FN3O4/c1-34-17-7-3-6-15(11-17)29-22(31)13-4-2-5-14(10-13)28-21-20(26)23(32)30(24(21)33)16-8-9-19(27)18(25)12-16/h2-12,28H,1H3,(H,29,31). The fourth-order valence-corrected chi connectivity index (χ4v) is 3.64. The lowest BCUT2D eigenvalue weighted by atomic mass is 10.1. The molecule has 0 unspecified atom stereocenters. The van der Waals surface area contributed by atoms with Gasteiger partial charge < -0.3 is 15.4 Å². The molecule has 0 aliphatic carbocycles. The van der Waals surface area contributed by atoms with Gasteiger partial charge in [-0.3, -0.25) is 14.4 Å². The molecule has 34 heavy (non-hydrogen) atoms. The number of benzene rings is 3. The van der Waals surface area contributed by atoms with Gasteiger partial charge in [-0.1, -0.05) is 35.3 Å². The molecule has 4 rings (SSSR count). The number of imide groups is 1. The Bertz CT molecular complexity index is 1360. The second kappa shape index (κ2) is 9.54. The number of methoxy groups -OCH3 is 1. The van der Waals surface area contributed by atoms with Crippen molar-refractivity contribution < 1.29 is 23.5 Å². The molecule has 2 N–H and O–H groups in total. The number of hydrogen-bond donors (Lipinski definition) is 2. The average Bonchev–Trinajstić information content (AvgIpc) is 3.04. The molecule has 3 aromatic rings. The summed E-state index contributed by atoms with van der Waals surface area (Å²) >= 11 is 11.9. The third-order valence-electron chi connectivity index (χ3n) is 4.91. The van der Waals surface area contributed by atoms with E-state index >= 15 is 0 Å². The number of ether oxygens (including phenoxy) is 1. The molecule has 0 atom stereocenters. The summed E-state index contributed by atoms with van der Waals surface area (Å²) in [5.41, 5.74) is 1.08. The highest BCUT2D eigenvalue weighted by atomic mass is 35.5. The zero-order valence-corrected chi connectivity index (χ0v) is 19.1. The summed E-state index contributed by atoms with van der Waals surface area (Å²) in [6, 6.07) is 16.6. The molecule has 0 fully saturated rings. The normalized spacial score (nSPS) is 13.4. The number of rotatable bonds is 6. The van der Waals surface area contributed by atoms with E-state index in [1.807, 2.05) is 0 Å². The molecule has 0 spiro atoms. The molecule has 3 amide bonds. The maximum absolute atomic E-state index is 13.5. The van der Waals surface area contributed by atoms with Crippen molar-refractivity contribution in [3.8, 4) is 5.75 Å². The summed E-state index contributed by atoms with van der Waals surface area (Å²) in [7, 11) is 1.52. The van der Waals surface area contributed by atoms with Crippen LogP contribution in [0.25, 0.3) is 0 Å². The SMILES string of the molecule is COc1cccc(NC(=O)c2cccc(NC3=C(Cl)C(=O)N(c4ccc(F)c(Cl)c4)C3=O)c2)c1. The Morgan fingerprint density at radius 2 is 1.68 bits per heavy atom. The van der Waals surface area contributed by atoms with E-state index in [0.717, 1.165) is 17.0 Å². The zero-order chi connectivity index (χ0) is 24.4. The summed E-state index contributed by atoms with van der Waals surface area (Å²) in [4.78, 5) is 39.0. The summed E-state index contributed by atoms with van der Waals surface area (Å²) in [5.74, 6) is -2.03. The summed E-state index contributed by atoms with van der Waals surface area (Å²) in [6.45, 7) is 0. The molecule has 10 heteroatoms. The Labute approximate surface area is 203 Å². The van der Waals surface area contributed by atoms with Crippen LogP contribution in [0.3, 0.4) is 0 Å². The number of hydrogen-bond acceptors (Lipinski definition) is 5. The molecule has 0 saturated carbocycles. The van der Waals surface area contributed by atoms with Gasteiger partial charge in [-0.25, -0.2) is 9.29 Å². The van der Waals surface area contributed by atoms with Crippen molar-refractivity contribution in [1.82, 2.24) is 0 Å². The van der Waals surface area contributed by atoms with Crippen LogP contribution in [-0.4, -0.2) is 24.8 Å². The van der Waals surface area contributed by atoms with Crippen LogP contribution >= 0.6 is 23.2 Å². The van der Waals surface area contributed by atoms with Crippen molar-refractivity contribution >= 4 is 58.0 Å². The van der Waals surface area contributed by atoms with Gasteiger partial charge in [-0.05, 0) is 48.5 Å². The monoisotopic (exact) mass is 499 g/mol.